The van der Waals surface area contributed by atoms with E-state index in [1.54, 1.807) is 6.33 Å². The first-order chi connectivity index (χ1) is 5.29. The number of aryl methyl sites for hydroxylation is 1. The fourth-order valence-electron chi connectivity index (χ4n) is 1.12. The van der Waals surface area contributed by atoms with E-state index < -0.39 is 0 Å². The Kier molecular flexibility index (Phi) is 2.59. The minimum absolute atomic E-state index is 0.322. The van der Waals surface area contributed by atoms with Crippen molar-refractivity contribution in [1.29, 1.82) is 0 Å². The third-order valence-electron chi connectivity index (χ3n) is 1.81. The van der Waals surface area contributed by atoms with E-state index in [1.807, 2.05) is 18.7 Å². The van der Waals surface area contributed by atoms with Crippen LogP contribution in [0.4, 0.5) is 0 Å². The number of aromatic nitrogens is 3. The second-order valence-corrected chi connectivity index (χ2v) is 2.55. The van der Waals surface area contributed by atoms with Gasteiger partial charge in [0, 0.05) is 7.05 Å². The van der Waals surface area contributed by atoms with Crippen molar-refractivity contribution in [2.75, 3.05) is 7.05 Å². The summed E-state index contributed by atoms with van der Waals surface area (Å²) in [7, 11) is 3.89. The molecule has 1 rings (SSSR count). The average molecular weight is 154 g/mol. The van der Waals surface area contributed by atoms with Gasteiger partial charge in [0.2, 0.25) is 0 Å². The molecule has 0 amide bonds. The van der Waals surface area contributed by atoms with Gasteiger partial charge in [0.1, 0.15) is 12.2 Å². The van der Waals surface area contributed by atoms with Crippen LogP contribution in [0.15, 0.2) is 6.33 Å². The number of hydrogen-bond acceptors (Lipinski definition) is 3. The van der Waals surface area contributed by atoms with Gasteiger partial charge in [0.15, 0.2) is 0 Å². The molecule has 0 aliphatic rings. The summed E-state index contributed by atoms with van der Waals surface area (Å²) in [6.45, 7) is 2.12. The van der Waals surface area contributed by atoms with Crippen molar-refractivity contribution < 1.29 is 0 Å². The Morgan fingerprint density at radius 3 is 2.82 bits per heavy atom. The number of rotatable bonds is 3. The molecule has 0 aromatic carbocycles. The van der Waals surface area contributed by atoms with Crippen LogP contribution >= 0.6 is 0 Å². The van der Waals surface area contributed by atoms with E-state index in [0.717, 1.165) is 12.2 Å². The lowest BCUT2D eigenvalue weighted by Crippen LogP contribution is -2.18. The Bertz CT molecular complexity index is 214. The van der Waals surface area contributed by atoms with Crippen molar-refractivity contribution in [1.82, 2.24) is 20.1 Å². The lowest BCUT2D eigenvalue weighted by molar-refractivity contribution is 0.524. The number of nitrogens with zero attached hydrogens (tertiary/aromatic N) is 3. The molecule has 1 unspecified atom stereocenters. The second kappa shape index (κ2) is 3.48. The van der Waals surface area contributed by atoms with Crippen LogP contribution < -0.4 is 5.32 Å². The minimum atomic E-state index is 0.322. The van der Waals surface area contributed by atoms with E-state index in [0.29, 0.717) is 6.04 Å². The highest BCUT2D eigenvalue weighted by Crippen LogP contribution is 2.10. The van der Waals surface area contributed by atoms with Crippen LogP contribution in [-0.2, 0) is 7.05 Å². The van der Waals surface area contributed by atoms with Crippen LogP contribution in [-0.4, -0.2) is 21.8 Å². The van der Waals surface area contributed by atoms with Gasteiger partial charge < -0.3 is 9.88 Å². The zero-order valence-electron chi connectivity index (χ0n) is 7.20. The van der Waals surface area contributed by atoms with Crippen LogP contribution in [0.5, 0.6) is 0 Å². The van der Waals surface area contributed by atoms with E-state index in [9.17, 15) is 0 Å². The molecule has 1 N–H and O–H groups in total. The summed E-state index contributed by atoms with van der Waals surface area (Å²) in [5, 5.41) is 11.0. The maximum atomic E-state index is 4.01. The SMILES string of the molecule is CCC(NC)c1nncn1C. The highest BCUT2D eigenvalue weighted by Gasteiger charge is 2.10. The zero-order valence-corrected chi connectivity index (χ0v) is 7.20. The molecule has 62 valence electrons. The van der Waals surface area contributed by atoms with Crippen LogP contribution in [0.1, 0.15) is 25.2 Å². The highest BCUT2D eigenvalue weighted by atomic mass is 15.3. The molecule has 4 nitrogen and oxygen atoms in total. The second-order valence-electron chi connectivity index (χ2n) is 2.55. The van der Waals surface area contributed by atoms with Crippen molar-refractivity contribution in [3.8, 4) is 0 Å². The molecule has 0 radical (unpaired) electrons. The predicted octanol–water partition coefficient (Wildman–Crippen LogP) is 0.486. The normalized spacial score (nSPS) is 13.4. The summed E-state index contributed by atoms with van der Waals surface area (Å²) in [5.41, 5.74) is 0. The summed E-state index contributed by atoms with van der Waals surface area (Å²) in [4.78, 5) is 0. The van der Waals surface area contributed by atoms with Crippen LogP contribution in [0.2, 0.25) is 0 Å². The number of nitrogens with one attached hydrogen (secondary N) is 1. The smallest absolute Gasteiger partial charge is 0.149 e. The Hall–Kier alpha value is -0.900. The number of hydrogen-bond donors (Lipinski definition) is 1. The minimum Gasteiger partial charge on any atom is -0.319 e. The average Bonchev–Trinajstić information content (AvgIpc) is 2.40. The van der Waals surface area contributed by atoms with Gasteiger partial charge in [-0.05, 0) is 13.5 Å². The maximum absolute atomic E-state index is 4.01. The topological polar surface area (TPSA) is 42.7 Å². The van der Waals surface area contributed by atoms with Gasteiger partial charge in [-0.3, -0.25) is 0 Å². The Balaban J connectivity index is 2.81. The van der Waals surface area contributed by atoms with Crippen LogP contribution in [0.3, 0.4) is 0 Å². The fraction of sp³-hybridized carbons (Fsp3) is 0.714. The van der Waals surface area contributed by atoms with Gasteiger partial charge in [-0.1, -0.05) is 6.92 Å². The Labute approximate surface area is 66.6 Å². The summed E-state index contributed by atoms with van der Waals surface area (Å²) < 4.78 is 1.94. The largest absolute Gasteiger partial charge is 0.319 e. The molecule has 4 heteroatoms. The Morgan fingerprint density at radius 1 is 1.73 bits per heavy atom. The van der Waals surface area contributed by atoms with Gasteiger partial charge in [0.25, 0.3) is 0 Å². The molecule has 0 bridgehead atoms. The molecular weight excluding hydrogens is 140 g/mol. The molecular formula is C7H14N4. The standard InChI is InChI=1S/C7H14N4/c1-4-6(8-2)7-10-9-5-11(7)3/h5-6,8H,4H2,1-3H3. The predicted molar refractivity (Wildman–Crippen MR) is 43.1 cm³/mol. The third-order valence-corrected chi connectivity index (χ3v) is 1.81. The van der Waals surface area contributed by atoms with Crippen LogP contribution in [0, 0.1) is 0 Å². The molecule has 11 heavy (non-hydrogen) atoms. The molecule has 0 saturated carbocycles. The summed E-state index contributed by atoms with van der Waals surface area (Å²) in [6.07, 6.45) is 2.75. The van der Waals surface area contributed by atoms with Crippen LogP contribution in [0.25, 0.3) is 0 Å². The van der Waals surface area contributed by atoms with Gasteiger partial charge >= 0.3 is 0 Å². The quantitative estimate of drug-likeness (QED) is 0.688. The van der Waals surface area contributed by atoms with E-state index >= 15 is 0 Å². The lowest BCUT2D eigenvalue weighted by atomic mass is 10.2. The maximum Gasteiger partial charge on any atom is 0.149 e. The van der Waals surface area contributed by atoms with Gasteiger partial charge in [-0.25, -0.2) is 0 Å². The van der Waals surface area contributed by atoms with Gasteiger partial charge in [-0.15, -0.1) is 10.2 Å². The molecule has 1 heterocycles. The summed E-state index contributed by atoms with van der Waals surface area (Å²) in [6, 6.07) is 0.322. The molecule has 1 aromatic heterocycles. The van der Waals surface area contributed by atoms with E-state index in [4.69, 9.17) is 0 Å². The van der Waals surface area contributed by atoms with E-state index in [1.165, 1.54) is 0 Å². The molecule has 0 saturated heterocycles. The summed E-state index contributed by atoms with van der Waals surface area (Å²) >= 11 is 0. The lowest BCUT2D eigenvalue weighted by Gasteiger charge is -2.11. The van der Waals surface area contributed by atoms with E-state index in [-0.39, 0.29) is 0 Å². The third kappa shape index (κ3) is 1.57. The molecule has 0 fully saturated rings. The molecule has 1 atom stereocenters. The summed E-state index contributed by atoms with van der Waals surface area (Å²) in [5.74, 6) is 0.995. The molecule has 0 aliphatic heterocycles. The first kappa shape index (κ1) is 8.20. The van der Waals surface area contributed by atoms with Crippen molar-refractivity contribution in [2.24, 2.45) is 7.05 Å². The van der Waals surface area contributed by atoms with Crippen molar-refractivity contribution in [3.63, 3.8) is 0 Å². The zero-order chi connectivity index (χ0) is 8.27. The first-order valence-corrected chi connectivity index (χ1v) is 3.80. The van der Waals surface area contributed by atoms with Gasteiger partial charge in [-0.2, -0.15) is 0 Å². The highest BCUT2D eigenvalue weighted by molar-refractivity contribution is 4.92. The van der Waals surface area contributed by atoms with Crippen molar-refractivity contribution >= 4 is 0 Å². The van der Waals surface area contributed by atoms with Crippen molar-refractivity contribution in [2.45, 2.75) is 19.4 Å². The molecule has 0 spiro atoms. The van der Waals surface area contributed by atoms with E-state index in [2.05, 4.69) is 22.4 Å². The van der Waals surface area contributed by atoms with Crippen molar-refractivity contribution in [3.05, 3.63) is 12.2 Å². The molecule has 0 aliphatic carbocycles. The monoisotopic (exact) mass is 154 g/mol. The molecule has 1 aromatic rings. The fourth-order valence-corrected chi connectivity index (χ4v) is 1.12. The first-order valence-electron chi connectivity index (χ1n) is 3.80. The Morgan fingerprint density at radius 2 is 2.45 bits per heavy atom. The van der Waals surface area contributed by atoms with Gasteiger partial charge in [0.05, 0.1) is 6.04 Å².